The summed E-state index contributed by atoms with van der Waals surface area (Å²) in [6.45, 7) is 0.416. The molecule has 3 aromatic carbocycles. The number of ether oxygens (including phenoxy) is 1. The highest BCUT2D eigenvalue weighted by Crippen LogP contribution is 2.32. The standard InChI is InChI=1S/C28H22ClFN4O4S/c29-24-14-21(5-8-27(24)37-16-18-2-1-3-20(30)12-18)34-28-23-13-19(4-7-25(23)32-17-33-28)26-9-6-22(38-26)15-31-10-11-39(35)36/h1-9,12-15,17H,10-11,16H2,(H,35,36)(H,32,33,34). The fourth-order valence-electron chi connectivity index (χ4n) is 3.79. The zero-order valence-corrected chi connectivity index (χ0v) is 22.0. The monoisotopic (exact) mass is 564 g/mol. The van der Waals surface area contributed by atoms with Gasteiger partial charge in [0, 0.05) is 16.6 Å². The van der Waals surface area contributed by atoms with Gasteiger partial charge in [0.05, 0.1) is 29.1 Å². The van der Waals surface area contributed by atoms with Gasteiger partial charge >= 0.3 is 0 Å². The minimum Gasteiger partial charge on any atom is -0.487 e. The van der Waals surface area contributed by atoms with Crippen LogP contribution >= 0.6 is 11.6 Å². The van der Waals surface area contributed by atoms with Gasteiger partial charge in [-0.05, 0) is 66.2 Å². The molecule has 198 valence electrons. The van der Waals surface area contributed by atoms with Gasteiger partial charge in [-0.1, -0.05) is 23.7 Å². The number of benzene rings is 3. The molecule has 5 rings (SSSR count). The molecule has 0 aliphatic heterocycles. The highest BCUT2D eigenvalue weighted by atomic mass is 35.5. The number of nitrogens with zero attached hydrogens (tertiary/aromatic N) is 3. The van der Waals surface area contributed by atoms with Gasteiger partial charge in [-0.3, -0.25) is 4.99 Å². The summed E-state index contributed by atoms with van der Waals surface area (Å²) in [6, 6.07) is 20.8. The minimum absolute atomic E-state index is 0.0698. The van der Waals surface area contributed by atoms with Crippen LogP contribution in [-0.2, 0) is 17.7 Å². The van der Waals surface area contributed by atoms with E-state index in [1.807, 2.05) is 30.3 Å². The van der Waals surface area contributed by atoms with Crippen molar-refractivity contribution in [2.75, 3.05) is 17.6 Å². The third-order valence-corrected chi connectivity index (χ3v) is 6.47. The molecular weight excluding hydrogens is 543 g/mol. The van der Waals surface area contributed by atoms with E-state index in [1.54, 1.807) is 30.3 Å². The molecule has 2 aromatic heterocycles. The number of hydrogen-bond donors (Lipinski definition) is 2. The largest absolute Gasteiger partial charge is 0.487 e. The number of aromatic nitrogens is 2. The van der Waals surface area contributed by atoms with Crippen LogP contribution in [0.1, 0.15) is 11.3 Å². The summed E-state index contributed by atoms with van der Waals surface area (Å²) in [4.78, 5) is 12.9. The van der Waals surface area contributed by atoms with Crippen LogP contribution < -0.4 is 10.1 Å². The van der Waals surface area contributed by atoms with E-state index in [1.165, 1.54) is 24.7 Å². The second kappa shape index (κ2) is 12.2. The van der Waals surface area contributed by atoms with Gasteiger partial charge < -0.3 is 19.0 Å². The second-order valence-electron chi connectivity index (χ2n) is 8.41. The van der Waals surface area contributed by atoms with E-state index in [4.69, 9.17) is 25.3 Å². The SMILES string of the molecule is O=S(O)CCN=Cc1ccc(-c2ccc3ncnc(Nc4ccc(OCc5cccc(F)c5)c(Cl)c4)c3c2)o1. The molecule has 0 radical (unpaired) electrons. The van der Waals surface area contributed by atoms with Gasteiger partial charge in [-0.2, -0.15) is 0 Å². The van der Waals surface area contributed by atoms with Crippen molar-refractivity contribution in [1.29, 1.82) is 0 Å². The number of fused-ring (bicyclic) bond motifs is 1. The lowest BCUT2D eigenvalue weighted by Crippen LogP contribution is -1.99. The summed E-state index contributed by atoms with van der Waals surface area (Å²) in [5.41, 5.74) is 2.95. The first kappa shape index (κ1) is 26.5. The molecule has 0 amide bonds. The maximum atomic E-state index is 13.4. The molecule has 0 fully saturated rings. The van der Waals surface area contributed by atoms with Gasteiger partial charge in [-0.25, -0.2) is 18.6 Å². The van der Waals surface area contributed by atoms with Crippen molar-refractivity contribution in [2.45, 2.75) is 6.61 Å². The maximum absolute atomic E-state index is 13.4. The average molecular weight is 565 g/mol. The van der Waals surface area contributed by atoms with E-state index in [2.05, 4.69) is 20.3 Å². The van der Waals surface area contributed by atoms with Gasteiger partial charge in [0.25, 0.3) is 0 Å². The number of anilines is 2. The Kier molecular flexibility index (Phi) is 8.26. The van der Waals surface area contributed by atoms with Gasteiger partial charge in [0.15, 0.2) is 11.1 Å². The van der Waals surface area contributed by atoms with Crippen LogP contribution in [-0.4, -0.2) is 37.2 Å². The number of furan rings is 1. The molecule has 0 aliphatic rings. The topological polar surface area (TPSA) is 110 Å². The third-order valence-electron chi connectivity index (χ3n) is 5.64. The van der Waals surface area contributed by atoms with Crippen molar-refractivity contribution in [3.8, 4) is 17.1 Å². The molecule has 11 heteroatoms. The van der Waals surface area contributed by atoms with Crippen molar-refractivity contribution >= 4 is 51.3 Å². The predicted octanol–water partition coefficient (Wildman–Crippen LogP) is 6.65. The molecule has 0 aliphatic carbocycles. The summed E-state index contributed by atoms with van der Waals surface area (Å²) in [5, 5.41) is 4.45. The summed E-state index contributed by atoms with van der Waals surface area (Å²) in [6.07, 6.45) is 3.01. The van der Waals surface area contributed by atoms with Gasteiger partial charge in [-0.15, -0.1) is 0 Å². The van der Waals surface area contributed by atoms with E-state index >= 15 is 0 Å². The van der Waals surface area contributed by atoms with Crippen LogP contribution in [0.3, 0.4) is 0 Å². The van der Waals surface area contributed by atoms with E-state index in [0.29, 0.717) is 39.4 Å². The maximum Gasteiger partial charge on any atom is 0.154 e. The molecule has 2 N–H and O–H groups in total. The van der Waals surface area contributed by atoms with Crippen LogP contribution in [0.25, 0.3) is 22.2 Å². The highest BCUT2D eigenvalue weighted by molar-refractivity contribution is 7.79. The van der Waals surface area contributed by atoms with Crippen LogP contribution in [0.4, 0.5) is 15.9 Å². The molecule has 39 heavy (non-hydrogen) atoms. The van der Waals surface area contributed by atoms with Crippen LogP contribution in [0.2, 0.25) is 5.02 Å². The quantitative estimate of drug-likeness (QED) is 0.144. The van der Waals surface area contributed by atoms with E-state index in [-0.39, 0.29) is 24.7 Å². The Labute approximate surface area is 230 Å². The van der Waals surface area contributed by atoms with Crippen LogP contribution in [0.5, 0.6) is 5.75 Å². The molecule has 0 spiro atoms. The minimum atomic E-state index is -1.88. The molecule has 0 saturated carbocycles. The molecule has 1 unspecified atom stereocenters. The number of rotatable bonds is 10. The number of hydrogen-bond acceptors (Lipinski definition) is 7. The van der Waals surface area contributed by atoms with Crippen molar-refractivity contribution in [3.63, 3.8) is 0 Å². The van der Waals surface area contributed by atoms with Crippen molar-refractivity contribution in [3.05, 3.63) is 101 Å². The molecule has 5 aromatic rings. The fourth-order valence-corrected chi connectivity index (χ4v) is 4.29. The van der Waals surface area contributed by atoms with Gasteiger partial charge in [0.1, 0.15) is 41.8 Å². The van der Waals surface area contributed by atoms with Crippen molar-refractivity contribution in [1.82, 2.24) is 9.97 Å². The average Bonchev–Trinajstić information content (AvgIpc) is 3.40. The Morgan fingerprint density at radius 2 is 2.00 bits per heavy atom. The number of halogens is 2. The Morgan fingerprint density at radius 1 is 1.10 bits per heavy atom. The van der Waals surface area contributed by atoms with Crippen LogP contribution in [0, 0.1) is 5.82 Å². The Bertz CT molecular complexity index is 1680. The summed E-state index contributed by atoms with van der Waals surface area (Å²) in [7, 11) is 0. The lowest BCUT2D eigenvalue weighted by molar-refractivity contribution is 0.306. The Morgan fingerprint density at radius 3 is 2.82 bits per heavy atom. The summed E-state index contributed by atoms with van der Waals surface area (Å²) < 4.78 is 44.6. The fraction of sp³-hybridized carbons (Fsp3) is 0.107. The number of aliphatic imine (C=N–C) groups is 1. The molecule has 1 atom stereocenters. The first-order valence-electron chi connectivity index (χ1n) is 11.8. The summed E-state index contributed by atoms with van der Waals surface area (Å²) in [5.74, 6) is 1.96. The third kappa shape index (κ3) is 6.85. The zero-order chi connectivity index (χ0) is 27.2. The number of nitrogens with one attached hydrogen (secondary N) is 1. The normalized spacial score (nSPS) is 12.2. The van der Waals surface area contributed by atoms with Gasteiger partial charge in [0.2, 0.25) is 0 Å². The van der Waals surface area contributed by atoms with Crippen molar-refractivity contribution < 1.29 is 22.3 Å². The highest BCUT2D eigenvalue weighted by Gasteiger charge is 2.11. The predicted molar refractivity (Wildman–Crippen MR) is 151 cm³/mol. The molecule has 0 saturated heterocycles. The second-order valence-corrected chi connectivity index (χ2v) is 9.86. The summed E-state index contributed by atoms with van der Waals surface area (Å²) >= 11 is 4.58. The molecule has 2 heterocycles. The van der Waals surface area contributed by atoms with E-state index in [0.717, 1.165) is 16.5 Å². The molecule has 8 nitrogen and oxygen atoms in total. The molecular formula is C28H22ClFN4O4S. The smallest absolute Gasteiger partial charge is 0.154 e. The lowest BCUT2D eigenvalue weighted by atomic mass is 10.1. The van der Waals surface area contributed by atoms with Crippen LogP contribution in [0.15, 0.2) is 88.5 Å². The van der Waals surface area contributed by atoms with E-state index < -0.39 is 11.1 Å². The first-order chi connectivity index (χ1) is 18.9. The Hall–Kier alpha value is -4.12. The molecule has 0 bridgehead atoms. The Balaban J connectivity index is 1.32. The first-order valence-corrected chi connectivity index (χ1v) is 13.5. The zero-order valence-electron chi connectivity index (χ0n) is 20.4. The lowest BCUT2D eigenvalue weighted by Gasteiger charge is -2.12. The van der Waals surface area contributed by atoms with E-state index in [9.17, 15) is 8.60 Å². The van der Waals surface area contributed by atoms with Crippen molar-refractivity contribution in [2.24, 2.45) is 4.99 Å².